The molecular weight excluding hydrogens is 424 g/mol. The van der Waals surface area contributed by atoms with E-state index in [2.05, 4.69) is 43.4 Å². The first-order chi connectivity index (χ1) is 6.34. The summed E-state index contributed by atoms with van der Waals surface area (Å²) >= 11 is 0. The first-order valence-electron chi connectivity index (χ1n) is 4.54. The molecule has 0 saturated heterocycles. The summed E-state index contributed by atoms with van der Waals surface area (Å²) in [7, 11) is 0. The number of hydrogen-bond acceptors (Lipinski definition) is 1. The molecule has 93 valence electrons. The Kier molecular flexibility index (Phi) is 9.40. The van der Waals surface area contributed by atoms with Crippen molar-refractivity contribution >= 4 is 18.2 Å². The molecule has 1 aromatic rings. The van der Waals surface area contributed by atoms with Gasteiger partial charge in [0.2, 0.25) is 0 Å². The smallest absolute Gasteiger partial charge is 1.00 e. The largest absolute Gasteiger partial charge is 3.00 e. The standard InChI is InChI=1S/C12H10O.3ClH.Gd/c1-8-7-10-6-5-9-3-2-4-11(9)12(10)13-8;;;;/h2-8H,1H3;3*1H;/q;;;;+3/p-3. The van der Waals surface area contributed by atoms with Gasteiger partial charge in [-0.15, -0.1) is 0 Å². The van der Waals surface area contributed by atoms with Gasteiger partial charge in [0.05, 0.1) is 0 Å². The molecule has 0 aromatic heterocycles. The third-order valence-corrected chi connectivity index (χ3v) is 2.52. The number of allylic oxidation sites excluding steroid dienone is 1. The third-order valence-electron chi connectivity index (χ3n) is 2.52. The minimum atomic E-state index is 0. The molecule has 1 aliphatic carbocycles. The summed E-state index contributed by atoms with van der Waals surface area (Å²) in [4.78, 5) is 0. The van der Waals surface area contributed by atoms with Crippen LogP contribution in [0.15, 0.2) is 18.2 Å². The van der Waals surface area contributed by atoms with Gasteiger partial charge in [0.15, 0.2) is 0 Å². The fourth-order valence-electron chi connectivity index (χ4n) is 1.93. The molecule has 3 rings (SSSR count). The van der Waals surface area contributed by atoms with Crippen molar-refractivity contribution in [2.24, 2.45) is 0 Å². The molecule has 1 aliphatic heterocycles. The maximum Gasteiger partial charge on any atom is 3.00 e. The summed E-state index contributed by atoms with van der Waals surface area (Å²) in [6, 6.07) is 4.27. The fraction of sp³-hybridized carbons (Fsp3) is 0.167. The molecule has 0 bridgehead atoms. The van der Waals surface area contributed by atoms with Crippen LogP contribution in [0.2, 0.25) is 0 Å². The van der Waals surface area contributed by atoms with Crippen molar-refractivity contribution in [2.75, 3.05) is 0 Å². The van der Waals surface area contributed by atoms with Gasteiger partial charge >= 0.3 is 39.9 Å². The van der Waals surface area contributed by atoms with Gasteiger partial charge in [0.1, 0.15) is 11.9 Å². The second-order valence-electron chi connectivity index (χ2n) is 3.50. The van der Waals surface area contributed by atoms with Crippen LogP contribution in [0.25, 0.3) is 18.2 Å². The predicted molar refractivity (Wildman–Crippen MR) is 53.7 cm³/mol. The van der Waals surface area contributed by atoms with Crippen molar-refractivity contribution in [3.05, 3.63) is 34.2 Å². The van der Waals surface area contributed by atoms with Gasteiger partial charge < -0.3 is 42.0 Å². The van der Waals surface area contributed by atoms with E-state index in [4.69, 9.17) is 4.74 Å². The number of ether oxygens (including phenoxy) is 1. The van der Waals surface area contributed by atoms with Crippen molar-refractivity contribution in [3.8, 4) is 5.75 Å². The molecule has 1 nitrogen and oxygen atoms in total. The van der Waals surface area contributed by atoms with Gasteiger partial charge in [-0.3, -0.25) is 0 Å². The van der Waals surface area contributed by atoms with Crippen LogP contribution in [-0.2, 0) is 0 Å². The van der Waals surface area contributed by atoms with E-state index in [1.54, 1.807) is 0 Å². The molecule has 1 unspecified atom stereocenters. The van der Waals surface area contributed by atoms with Gasteiger partial charge in [0, 0.05) is 10.8 Å². The number of fused-ring (bicyclic) bond motifs is 3. The Bertz CT molecular complexity index is 525. The molecule has 0 fully saturated rings. The average Bonchev–Trinajstić information content (AvgIpc) is 2.65. The van der Waals surface area contributed by atoms with Crippen LogP contribution in [0.4, 0.5) is 0 Å². The van der Waals surface area contributed by atoms with Crippen LogP contribution in [-0.4, -0.2) is 6.10 Å². The maximum absolute atomic E-state index is 5.72. The average molecular weight is 434 g/mol. The quantitative estimate of drug-likeness (QED) is 0.395. The van der Waals surface area contributed by atoms with Gasteiger partial charge in [-0.2, -0.15) is 0 Å². The molecule has 0 saturated carbocycles. The zero-order chi connectivity index (χ0) is 8.84. The van der Waals surface area contributed by atoms with Crippen LogP contribution >= 0.6 is 0 Å². The summed E-state index contributed by atoms with van der Waals surface area (Å²) in [6.45, 7) is 2.06. The Morgan fingerprint density at radius 2 is 1.71 bits per heavy atom. The first kappa shape index (κ1) is 20.0. The minimum absolute atomic E-state index is 0. The van der Waals surface area contributed by atoms with Crippen molar-refractivity contribution in [3.63, 3.8) is 0 Å². The Labute approximate surface area is 151 Å². The van der Waals surface area contributed by atoms with E-state index in [0.717, 1.165) is 5.75 Å². The fourth-order valence-corrected chi connectivity index (χ4v) is 1.93. The van der Waals surface area contributed by atoms with Crippen molar-refractivity contribution in [1.29, 1.82) is 0 Å². The van der Waals surface area contributed by atoms with Crippen LogP contribution in [0.1, 0.15) is 12.5 Å². The summed E-state index contributed by atoms with van der Waals surface area (Å²) in [6.07, 6.45) is 8.66. The summed E-state index contributed by atoms with van der Waals surface area (Å²) < 4.78 is 5.72. The van der Waals surface area contributed by atoms with Crippen molar-refractivity contribution in [2.45, 2.75) is 13.0 Å². The molecule has 1 radical (unpaired) electrons. The van der Waals surface area contributed by atoms with Crippen molar-refractivity contribution < 1.29 is 81.9 Å². The van der Waals surface area contributed by atoms with E-state index in [0.29, 0.717) is 0 Å². The number of benzene rings is 1. The van der Waals surface area contributed by atoms with Crippen LogP contribution in [0.3, 0.4) is 0 Å². The molecular formula is C12H10Cl3GdO. The third kappa shape index (κ3) is 3.59. The maximum atomic E-state index is 5.72. The van der Waals surface area contributed by atoms with Gasteiger partial charge in [-0.05, 0) is 18.2 Å². The zero-order valence-corrected chi connectivity index (χ0v) is 13.5. The zero-order valence-electron chi connectivity index (χ0n) is 8.94. The molecule has 0 amide bonds. The molecule has 17 heavy (non-hydrogen) atoms. The first-order valence-corrected chi connectivity index (χ1v) is 4.54. The van der Waals surface area contributed by atoms with Gasteiger partial charge in [-0.1, -0.05) is 30.4 Å². The van der Waals surface area contributed by atoms with E-state index < -0.39 is 0 Å². The topological polar surface area (TPSA) is 9.23 Å². The normalized spacial score (nSPS) is 16.4. The summed E-state index contributed by atoms with van der Waals surface area (Å²) in [5, 5.41) is 2.49. The second kappa shape index (κ2) is 7.98. The van der Waals surface area contributed by atoms with Crippen molar-refractivity contribution in [1.82, 2.24) is 0 Å². The summed E-state index contributed by atoms with van der Waals surface area (Å²) in [5.74, 6) is 1.05. The predicted octanol–water partition coefficient (Wildman–Crippen LogP) is -7.93. The minimum Gasteiger partial charge on any atom is -1.00 e. The van der Waals surface area contributed by atoms with E-state index in [-0.39, 0.29) is 83.3 Å². The van der Waals surface area contributed by atoms with E-state index >= 15 is 0 Å². The molecule has 0 spiro atoms. The molecule has 1 aromatic carbocycles. The van der Waals surface area contributed by atoms with Crippen LogP contribution in [0, 0.1) is 39.9 Å². The molecule has 0 N–H and O–H groups in total. The van der Waals surface area contributed by atoms with Gasteiger partial charge in [0.25, 0.3) is 0 Å². The second-order valence-corrected chi connectivity index (χ2v) is 3.50. The SMILES string of the molecule is CC1C=c2ccc3c(c2O1)C=CC=3.[Cl-].[Cl-].[Cl-].[Gd+3]. The molecule has 1 heterocycles. The van der Waals surface area contributed by atoms with Gasteiger partial charge in [-0.25, -0.2) is 0 Å². The van der Waals surface area contributed by atoms with Crippen LogP contribution < -0.4 is 52.4 Å². The monoisotopic (exact) mass is 433 g/mol. The molecule has 5 heteroatoms. The van der Waals surface area contributed by atoms with E-state index in [9.17, 15) is 0 Å². The van der Waals surface area contributed by atoms with Crippen LogP contribution in [0.5, 0.6) is 5.75 Å². The Morgan fingerprint density at radius 1 is 1.06 bits per heavy atom. The Morgan fingerprint density at radius 3 is 2.41 bits per heavy atom. The Hall–Kier alpha value is 0.695. The number of halogens is 3. The summed E-state index contributed by atoms with van der Waals surface area (Å²) in [5.41, 5.74) is 1.23. The molecule has 2 aliphatic rings. The Balaban J connectivity index is 0. The molecule has 1 atom stereocenters. The van der Waals surface area contributed by atoms with E-state index in [1.807, 2.05) is 0 Å². The van der Waals surface area contributed by atoms with E-state index in [1.165, 1.54) is 16.0 Å². The number of rotatable bonds is 0. The number of hydrogen-bond donors (Lipinski definition) is 0.